The van der Waals surface area contributed by atoms with Crippen molar-refractivity contribution in [2.45, 2.75) is 18.9 Å². The first-order chi connectivity index (χ1) is 10.7. The molecular weight excluding hydrogens is 315 g/mol. The monoisotopic (exact) mass is 332 g/mol. The summed E-state index contributed by atoms with van der Waals surface area (Å²) >= 11 is 12.5. The molecule has 2 heterocycles. The molecule has 1 atom stereocenters. The van der Waals surface area contributed by atoms with Crippen molar-refractivity contribution < 1.29 is 0 Å². The maximum absolute atomic E-state index is 6.36. The lowest BCUT2D eigenvalue weighted by molar-refractivity contribution is 0.612. The third kappa shape index (κ3) is 2.50. The topological polar surface area (TPSA) is 15.3 Å². The maximum Gasteiger partial charge on any atom is 0.0485 e. The second kappa shape index (κ2) is 5.77. The third-order valence-corrected chi connectivity index (χ3v) is 5.28. The molecule has 0 aromatic heterocycles. The van der Waals surface area contributed by atoms with E-state index in [0.717, 1.165) is 47.2 Å². The summed E-state index contributed by atoms with van der Waals surface area (Å²) in [7, 11) is 0. The van der Waals surface area contributed by atoms with Crippen LogP contribution in [0.1, 0.15) is 12.0 Å². The minimum atomic E-state index is 0.634. The van der Waals surface area contributed by atoms with Gasteiger partial charge in [-0.15, -0.1) is 0 Å². The van der Waals surface area contributed by atoms with Crippen molar-refractivity contribution in [3.05, 3.63) is 52.0 Å². The van der Waals surface area contributed by atoms with E-state index < -0.39 is 0 Å². The van der Waals surface area contributed by atoms with Gasteiger partial charge in [0.05, 0.1) is 0 Å². The van der Waals surface area contributed by atoms with Crippen LogP contribution in [0.25, 0.3) is 11.1 Å². The second-order valence-electron chi connectivity index (χ2n) is 6.06. The third-order valence-electron chi connectivity index (χ3n) is 4.71. The fraction of sp³-hybridized carbons (Fsp3) is 0.333. The van der Waals surface area contributed by atoms with E-state index in [9.17, 15) is 0 Å². The lowest BCUT2D eigenvalue weighted by Crippen LogP contribution is -2.32. The largest absolute Gasteiger partial charge is 0.367 e. The van der Waals surface area contributed by atoms with Gasteiger partial charge >= 0.3 is 0 Å². The average Bonchev–Trinajstić information content (AvgIpc) is 2.70. The molecule has 2 aliphatic rings. The van der Waals surface area contributed by atoms with Crippen molar-refractivity contribution in [1.82, 2.24) is 5.32 Å². The molecule has 2 nitrogen and oxygen atoms in total. The van der Waals surface area contributed by atoms with E-state index in [1.54, 1.807) is 0 Å². The van der Waals surface area contributed by atoms with E-state index in [4.69, 9.17) is 23.2 Å². The predicted octanol–water partition coefficient (Wildman–Crippen LogP) is 4.38. The van der Waals surface area contributed by atoms with Crippen LogP contribution in [0.2, 0.25) is 10.0 Å². The molecule has 4 heteroatoms. The Balaban J connectivity index is 1.76. The number of hydrogen-bond donors (Lipinski definition) is 1. The van der Waals surface area contributed by atoms with Crippen LogP contribution in [0.4, 0.5) is 5.69 Å². The van der Waals surface area contributed by atoms with E-state index in [-0.39, 0.29) is 0 Å². The summed E-state index contributed by atoms with van der Waals surface area (Å²) in [4.78, 5) is 2.55. The van der Waals surface area contributed by atoms with Gasteiger partial charge in [-0.25, -0.2) is 0 Å². The zero-order valence-corrected chi connectivity index (χ0v) is 13.8. The molecule has 1 unspecified atom stereocenters. The molecule has 0 saturated carbocycles. The molecule has 1 N–H and O–H groups in total. The highest BCUT2D eigenvalue weighted by Gasteiger charge is 2.30. The van der Waals surface area contributed by atoms with Gasteiger partial charge in [0, 0.05) is 40.4 Å². The van der Waals surface area contributed by atoms with Gasteiger partial charge in [0.25, 0.3) is 0 Å². The van der Waals surface area contributed by atoms with Crippen molar-refractivity contribution in [2.24, 2.45) is 0 Å². The van der Waals surface area contributed by atoms with Gasteiger partial charge in [0.2, 0.25) is 0 Å². The lowest BCUT2D eigenvalue weighted by atomic mass is 10.0. The van der Waals surface area contributed by atoms with Crippen LogP contribution in [-0.2, 0) is 6.42 Å². The number of rotatable bonds is 1. The van der Waals surface area contributed by atoms with Crippen LogP contribution in [0.3, 0.4) is 0 Å². The predicted molar refractivity (Wildman–Crippen MR) is 94.2 cm³/mol. The summed E-state index contributed by atoms with van der Waals surface area (Å²) in [6.07, 6.45) is 2.36. The van der Waals surface area contributed by atoms with Gasteiger partial charge in [-0.2, -0.15) is 0 Å². The van der Waals surface area contributed by atoms with E-state index in [1.807, 2.05) is 18.2 Å². The van der Waals surface area contributed by atoms with Crippen LogP contribution in [-0.4, -0.2) is 25.7 Å². The normalized spacial score (nSPS) is 20.5. The summed E-state index contributed by atoms with van der Waals surface area (Å²) in [6, 6.07) is 13.0. The first-order valence-electron chi connectivity index (χ1n) is 7.78. The average molecular weight is 333 g/mol. The highest BCUT2D eigenvalue weighted by molar-refractivity contribution is 6.35. The maximum atomic E-state index is 6.36. The Kier molecular flexibility index (Phi) is 3.77. The van der Waals surface area contributed by atoms with Gasteiger partial charge < -0.3 is 10.2 Å². The molecule has 0 bridgehead atoms. The van der Waals surface area contributed by atoms with Crippen LogP contribution in [0.15, 0.2) is 36.4 Å². The Bertz CT molecular complexity index is 714. The number of halogens is 2. The summed E-state index contributed by atoms with van der Waals surface area (Å²) in [6.45, 7) is 3.24. The zero-order chi connectivity index (χ0) is 15.1. The first-order valence-corrected chi connectivity index (χ1v) is 8.54. The standard InChI is InChI=1S/C18H18Cl2N2/c19-14-3-4-17(20)16(11-14)12-1-2-13-9-15-5-6-21-7-8-22(15)18(13)10-12/h1-4,10-11,15,21H,5-9H2. The first kappa shape index (κ1) is 14.4. The highest BCUT2D eigenvalue weighted by Crippen LogP contribution is 2.39. The number of benzene rings is 2. The summed E-state index contributed by atoms with van der Waals surface area (Å²) in [5, 5.41) is 4.96. The number of nitrogens with zero attached hydrogens (tertiary/aromatic N) is 1. The number of fused-ring (bicyclic) bond motifs is 3. The Morgan fingerprint density at radius 3 is 2.86 bits per heavy atom. The molecular formula is C18H18Cl2N2. The Hall–Kier alpha value is -1.22. The minimum absolute atomic E-state index is 0.634. The van der Waals surface area contributed by atoms with Crippen LogP contribution in [0.5, 0.6) is 0 Å². The molecule has 0 aliphatic carbocycles. The SMILES string of the molecule is Clc1ccc(Cl)c(-c2ccc3c(c2)N2CCNCCC2C3)c1. The van der Waals surface area contributed by atoms with E-state index in [2.05, 4.69) is 28.4 Å². The number of hydrogen-bond acceptors (Lipinski definition) is 2. The smallest absolute Gasteiger partial charge is 0.0485 e. The summed E-state index contributed by atoms with van der Waals surface area (Å²) in [5.41, 5.74) is 4.97. The highest BCUT2D eigenvalue weighted by atomic mass is 35.5. The molecule has 1 saturated heterocycles. The van der Waals surface area contributed by atoms with Crippen LogP contribution >= 0.6 is 23.2 Å². The fourth-order valence-electron chi connectivity index (χ4n) is 3.60. The number of anilines is 1. The minimum Gasteiger partial charge on any atom is -0.367 e. The Morgan fingerprint density at radius 2 is 1.95 bits per heavy atom. The molecule has 2 aromatic rings. The van der Waals surface area contributed by atoms with E-state index in [0.29, 0.717) is 6.04 Å². The molecule has 114 valence electrons. The quantitative estimate of drug-likeness (QED) is 0.833. The van der Waals surface area contributed by atoms with Crippen molar-refractivity contribution in [3.63, 3.8) is 0 Å². The van der Waals surface area contributed by atoms with Crippen LogP contribution < -0.4 is 10.2 Å². The Morgan fingerprint density at radius 1 is 1.05 bits per heavy atom. The molecule has 2 aliphatic heterocycles. The van der Waals surface area contributed by atoms with Gasteiger partial charge in [-0.3, -0.25) is 0 Å². The van der Waals surface area contributed by atoms with Crippen LogP contribution in [0, 0.1) is 0 Å². The molecule has 0 amide bonds. The summed E-state index contributed by atoms with van der Waals surface area (Å²) < 4.78 is 0. The summed E-state index contributed by atoms with van der Waals surface area (Å²) in [5.74, 6) is 0. The van der Waals surface area contributed by atoms with Crippen molar-refractivity contribution >= 4 is 28.9 Å². The van der Waals surface area contributed by atoms with E-state index >= 15 is 0 Å². The number of nitrogens with one attached hydrogen (secondary N) is 1. The van der Waals surface area contributed by atoms with Crippen molar-refractivity contribution in [2.75, 3.05) is 24.5 Å². The molecule has 22 heavy (non-hydrogen) atoms. The molecule has 0 spiro atoms. The molecule has 0 radical (unpaired) electrons. The second-order valence-corrected chi connectivity index (χ2v) is 6.90. The van der Waals surface area contributed by atoms with E-state index in [1.165, 1.54) is 17.7 Å². The van der Waals surface area contributed by atoms with Crippen molar-refractivity contribution in [3.8, 4) is 11.1 Å². The fourth-order valence-corrected chi connectivity index (χ4v) is 4.00. The van der Waals surface area contributed by atoms with Gasteiger partial charge in [0.15, 0.2) is 0 Å². The Labute approximate surface area is 141 Å². The molecule has 1 fully saturated rings. The lowest BCUT2D eigenvalue weighted by Gasteiger charge is -2.25. The molecule has 2 aromatic carbocycles. The van der Waals surface area contributed by atoms with Gasteiger partial charge in [0.1, 0.15) is 0 Å². The van der Waals surface area contributed by atoms with Gasteiger partial charge in [-0.1, -0.05) is 35.3 Å². The van der Waals surface area contributed by atoms with Crippen molar-refractivity contribution in [1.29, 1.82) is 0 Å². The molecule has 4 rings (SSSR count). The van der Waals surface area contributed by atoms with Gasteiger partial charge in [-0.05, 0) is 54.8 Å². The zero-order valence-electron chi connectivity index (χ0n) is 12.3.